The second kappa shape index (κ2) is 5.63. The van der Waals surface area contributed by atoms with Crippen molar-refractivity contribution in [2.45, 2.75) is 19.4 Å². The molecular weight excluding hydrogens is 286 g/mol. The molecule has 0 fully saturated rings. The van der Waals surface area contributed by atoms with Crippen LogP contribution < -0.4 is 0 Å². The third-order valence-electron chi connectivity index (χ3n) is 4.44. The number of hydrogen-bond acceptors (Lipinski definition) is 3. The average Bonchev–Trinajstić information content (AvgIpc) is 2.94. The number of hydrogen-bond donors (Lipinski definition) is 0. The highest BCUT2D eigenvalue weighted by Gasteiger charge is 2.27. The van der Waals surface area contributed by atoms with Crippen molar-refractivity contribution in [3.05, 3.63) is 59.7 Å². The molecule has 1 atom stereocenters. The van der Waals surface area contributed by atoms with Crippen LogP contribution in [0.3, 0.4) is 0 Å². The van der Waals surface area contributed by atoms with E-state index in [1.807, 2.05) is 18.7 Å². The summed E-state index contributed by atoms with van der Waals surface area (Å²) in [4.78, 5) is 0. The SMILES string of the molecule is CCOC1Cc2ccccc2-c2nnn(C)c2-c2ccccc21. The molecule has 1 aromatic heterocycles. The van der Waals surface area contributed by atoms with E-state index in [-0.39, 0.29) is 6.10 Å². The molecule has 0 radical (unpaired) electrons. The van der Waals surface area contributed by atoms with Gasteiger partial charge in [0.25, 0.3) is 0 Å². The topological polar surface area (TPSA) is 39.9 Å². The van der Waals surface area contributed by atoms with Gasteiger partial charge in [0.05, 0.1) is 11.8 Å². The summed E-state index contributed by atoms with van der Waals surface area (Å²) in [6.45, 7) is 2.74. The second-order valence-corrected chi connectivity index (χ2v) is 5.80. The van der Waals surface area contributed by atoms with Gasteiger partial charge in [-0.15, -0.1) is 5.10 Å². The molecule has 23 heavy (non-hydrogen) atoms. The molecule has 1 aliphatic carbocycles. The van der Waals surface area contributed by atoms with Gasteiger partial charge < -0.3 is 4.74 Å². The molecule has 0 N–H and O–H groups in total. The highest BCUT2D eigenvalue weighted by atomic mass is 16.5. The monoisotopic (exact) mass is 305 g/mol. The molecule has 0 saturated heterocycles. The van der Waals surface area contributed by atoms with Crippen molar-refractivity contribution in [2.75, 3.05) is 6.61 Å². The minimum Gasteiger partial charge on any atom is -0.373 e. The lowest BCUT2D eigenvalue weighted by Crippen LogP contribution is -2.13. The van der Waals surface area contributed by atoms with Gasteiger partial charge in [0, 0.05) is 31.2 Å². The molecule has 4 heteroatoms. The fraction of sp³-hybridized carbons (Fsp3) is 0.263. The molecule has 1 unspecified atom stereocenters. The molecular formula is C19H19N3O. The lowest BCUT2D eigenvalue weighted by molar-refractivity contribution is 0.0632. The summed E-state index contributed by atoms with van der Waals surface area (Å²) in [6.07, 6.45) is 0.886. The van der Waals surface area contributed by atoms with Crippen molar-refractivity contribution in [1.82, 2.24) is 15.0 Å². The van der Waals surface area contributed by atoms with Crippen LogP contribution >= 0.6 is 0 Å². The quantitative estimate of drug-likeness (QED) is 0.723. The third kappa shape index (κ3) is 2.26. The van der Waals surface area contributed by atoms with E-state index in [1.165, 1.54) is 11.1 Å². The molecule has 0 saturated carbocycles. The van der Waals surface area contributed by atoms with E-state index in [1.54, 1.807) is 0 Å². The maximum atomic E-state index is 6.08. The maximum Gasteiger partial charge on any atom is 0.121 e. The van der Waals surface area contributed by atoms with Crippen LogP contribution in [0, 0.1) is 0 Å². The highest BCUT2D eigenvalue weighted by molar-refractivity contribution is 5.82. The Morgan fingerprint density at radius 3 is 2.65 bits per heavy atom. The normalized spacial score (nSPS) is 16.0. The van der Waals surface area contributed by atoms with Gasteiger partial charge in [-0.05, 0) is 18.1 Å². The minimum atomic E-state index is 0.0420. The van der Waals surface area contributed by atoms with E-state index >= 15 is 0 Å². The van der Waals surface area contributed by atoms with Crippen molar-refractivity contribution in [3.8, 4) is 22.5 Å². The zero-order chi connectivity index (χ0) is 15.8. The van der Waals surface area contributed by atoms with Crippen molar-refractivity contribution in [3.63, 3.8) is 0 Å². The van der Waals surface area contributed by atoms with E-state index < -0.39 is 0 Å². The lowest BCUT2D eigenvalue weighted by atomic mass is 9.87. The Morgan fingerprint density at radius 1 is 1.09 bits per heavy atom. The predicted octanol–water partition coefficient (Wildman–Crippen LogP) is 3.78. The van der Waals surface area contributed by atoms with E-state index in [4.69, 9.17) is 4.74 Å². The summed E-state index contributed by atoms with van der Waals surface area (Å²) in [5, 5.41) is 8.72. The molecule has 0 amide bonds. The number of rotatable bonds is 2. The van der Waals surface area contributed by atoms with E-state index in [9.17, 15) is 0 Å². The summed E-state index contributed by atoms with van der Waals surface area (Å²) >= 11 is 0. The van der Waals surface area contributed by atoms with Crippen molar-refractivity contribution in [2.24, 2.45) is 7.05 Å². The van der Waals surface area contributed by atoms with Gasteiger partial charge in [-0.1, -0.05) is 53.7 Å². The fourth-order valence-corrected chi connectivity index (χ4v) is 3.42. The van der Waals surface area contributed by atoms with Gasteiger partial charge in [0.1, 0.15) is 5.69 Å². The van der Waals surface area contributed by atoms with Crippen LogP contribution in [0.15, 0.2) is 48.5 Å². The molecule has 1 aliphatic rings. The molecule has 1 heterocycles. The molecule has 3 aromatic rings. The third-order valence-corrected chi connectivity index (χ3v) is 4.44. The van der Waals surface area contributed by atoms with Crippen LogP contribution in [0.2, 0.25) is 0 Å². The van der Waals surface area contributed by atoms with Crippen molar-refractivity contribution in [1.29, 1.82) is 0 Å². The van der Waals surface area contributed by atoms with Gasteiger partial charge in [0.15, 0.2) is 0 Å². The Kier molecular flexibility index (Phi) is 3.46. The predicted molar refractivity (Wildman–Crippen MR) is 89.9 cm³/mol. The van der Waals surface area contributed by atoms with Gasteiger partial charge in [-0.2, -0.15) is 0 Å². The van der Waals surface area contributed by atoms with Gasteiger partial charge in [-0.3, -0.25) is 0 Å². The fourth-order valence-electron chi connectivity index (χ4n) is 3.42. The largest absolute Gasteiger partial charge is 0.373 e. The molecule has 0 aliphatic heterocycles. The van der Waals surface area contributed by atoms with Crippen LogP contribution in [0.25, 0.3) is 22.5 Å². The Hall–Kier alpha value is -2.46. The number of aromatic nitrogens is 3. The van der Waals surface area contributed by atoms with Crippen LogP contribution in [0.1, 0.15) is 24.2 Å². The van der Waals surface area contributed by atoms with Crippen LogP contribution in [0.4, 0.5) is 0 Å². The summed E-state index contributed by atoms with van der Waals surface area (Å²) in [5.41, 5.74) is 6.76. The van der Waals surface area contributed by atoms with E-state index in [2.05, 4.69) is 58.8 Å². The minimum absolute atomic E-state index is 0.0420. The zero-order valence-corrected chi connectivity index (χ0v) is 13.4. The molecule has 4 nitrogen and oxygen atoms in total. The number of ether oxygens (including phenoxy) is 1. The van der Waals surface area contributed by atoms with E-state index in [0.29, 0.717) is 6.61 Å². The number of fused-ring (bicyclic) bond motifs is 5. The average molecular weight is 305 g/mol. The molecule has 2 aromatic carbocycles. The summed E-state index contributed by atoms with van der Waals surface area (Å²) in [7, 11) is 1.95. The first-order valence-corrected chi connectivity index (χ1v) is 7.98. The Balaban J connectivity index is 2.04. The van der Waals surface area contributed by atoms with Crippen molar-refractivity contribution < 1.29 is 4.74 Å². The second-order valence-electron chi connectivity index (χ2n) is 5.80. The standard InChI is InChI=1S/C19H19N3O/c1-3-23-17-12-13-8-4-5-9-14(13)18-19(22(2)21-20-18)16-11-7-6-10-15(16)17/h4-11,17H,3,12H2,1-2H3. The Bertz CT molecular complexity index is 853. The molecule has 116 valence electrons. The molecule has 0 spiro atoms. The van der Waals surface area contributed by atoms with Gasteiger partial charge >= 0.3 is 0 Å². The first-order valence-electron chi connectivity index (χ1n) is 7.98. The molecule has 0 bridgehead atoms. The lowest BCUT2D eigenvalue weighted by Gasteiger charge is -2.24. The van der Waals surface area contributed by atoms with Crippen LogP contribution in [-0.2, 0) is 18.2 Å². The Labute approximate surface area is 135 Å². The number of nitrogens with zero attached hydrogens (tertiary/aromatic N) is 3. The molecule has 4 rings (SSSR count). The summed E-state index contributed by atoms with van der Waals surface area (Å²) in [5.74, 6) is 0. The first kappa shape index (κ1) is 14.2. The highest BCUT2D eigenvalue weighted by Crippen LogP contribution is 2.41. The summed E-state index contributed by atoms with van der Waals surface area (Å²) < 4.78 is 7.94. The van der Waals surface area contributed by atoms with Gasteiger partial charge in [-0.25, -0.2) is 4.68 Å². The van der Waals surface area contributed by atoms with Crippen LogP contribution in [0.5, 0.6) is 0 Å². The van der Waals surface area contributed by atoms with E-state index in [0.717, 1.165) is 28.9 Å². The smallest absolute Gasteiger partial charge is 0.121 e. The van der Waals surface area contributed by atoms with Crippen molar-refractivity contribution >= 4 is 0 Å². The van der Waals surface area contributed by atoms with Crippen LogP contribution in [-0.4, -0.2) is 21.6 Å². The van der Waals surface area contributed by atoms with Gasteiger partial charge in [0.2, 0.25) is 0 Å². The maximum absolute atomic E-state index is 6.08. The zero-order valence-electron chi connectivity index (χ0n) is 13.4. The Morgan fingerprint density at radius 2 is 1.83 bits per heavy atom. The number of aryl methyl sites for hydroxylation is 1. The first-order chi connectivity index (χ1) is 11.3. The summed E-state index contributed by atoms with van der Waals surface area (Å²) in [6, 6.07) is 16.8. The number of benzene rings is 2.